The molecule has 2 rings (SSSR count). The minimum absolute atomic E-state index is 0.0684. The molecule has 0 aromatic heterocycles. The van der Waals surface area contributed by atoms with Crippen molar-refractivity contribution in [2.45, 2.75) is 11.4 Å². The summed E-state index contributed by atoms with van der Waals surface area (Å²) in [6, 6.07) is 11.4. The summed E-state index contributed by atoms with van der Waals surface area (Å²) in [5.74, 6) is -1.09. The maximum atomic E-state index is 13.7. The fourth-order valence-electron chi connectivity index (χ4n) is 1.88. The third kappa shape index (κ3) is 5.07. The molecule has 7 heteroatoms. The lowest BCUT2D eigenvalue weighted by atomic mass is 10.2. The standard InChI is InChI=1S/C16H14BrFN2O2S/c17-11-5-6-13(18)10(7-11)8-20-16(22)12-3-1-2-4-14(12)23-9-15(19)21/h1-7H,8-9H2,(H2,19,21)(H,20,22). The van der Waals surface area contributed by atoms with E-state index in [2.05, 4.69) is 21.2 Å². The maximum absolute atomic E-state index is 13.7. The van der Waals surface area contributed by atoms with E-state index in [1.54, 1.807) is 36.4 Å². The summed E-state index contributed by atoms with van der Waals surface area (Å²) in [6.07, 6.45) is 0. The Morgan fingerprint density at radius 2 is 1.96 bits per heavy atom. The maximum Gasteiger partial charge on any atom is 0.252 e. The molecule has 0 saturated heterocycles. The van der Waals surface area contributed by atoms with Crippen molar-refractivity contribution in [1.29, 1.82) is 0 Å². The summed E-state index contributed by atoms with van der Waals surface area (Å²) in [6.45, 7) is 0.0684. The SMILES string of the molecule is NC(=O)CSc1ccccc1C(=O)NCc1cc(Br)ccc1F. The van der Waals surface area contributed by atoms with Crippen LogP contribution in [-0.4, -0.2) is 17.6 Å². The van der Waals surface area contributed by atoms with Crippen molar-refractivity contribution in [2.24, 2.45) is 5.73 Å². The fourth-order valence-corrected chi connectivity index (χ4v) is 3.08. The molecule has 2 amide bonds. The van der Waals surface area contributed by atoms with E-state index in [-0.39, 0.29) is 24.0 Å². The summed E-state index contributed by atoms with van der Waals surface area (Å²) in [4.78, 5) is 23.8. The van der Waals surface area contributed by atoms with Gasteiger partial charge in [0.1, 0.15) is 5.82 Å². The molecule has 3 N–H and O–H groups in total. The first-order valence-electron chi connectivity index (χ1n) is 6.69. The van der Waals surface area contributed by atoms with Crippen molar-refractivity contribution >= 4 is 39.5 Å². The van der Waals surface area contributed by atoms with Gasteiger partial charge in [0.2, 0.25) is 5.91 Å². The average Bonchev–Trinajstić information content (AvgIpc) is 2.53. The molecule has 2 aromatic rings. The predicted molar refractivity (Wildman–Crippen MR) is 91.6 cm³/mol. The molecule has 0 aliphatic rings. The highest BCUT2D eigenvalue weighted by molar-refractivity contribution is 9.10. The fraction of sp³-hybridized carbons (Fsp3) is 0.125. The Morgan fingerprint density at radius 3 is 2.70 bits per heavy atom. The largest absolute Gasteiger partial charge is 0.369 e. The molecule has 4 nitrogen and oxygen atoms in total. The van der Waals surface area contributed by atoms with Crippen molar-refractivity contribution in [1.82, 2.24) is 5.32 Å². The second kappa shape index (κ2) is 8.12. The van der Waals surface area contributed by atoms with Gasteiger partial charge in [-0.15, -0.1) is 11.8 Å². The van der Waals surface area contributed by atoms with Gasteiger partial charge in [0.05, 0.1) is 11.3 Å². The molecular formula is C16H14BrFN2O2S. The van der Waals surface area contributed by atoms with Crippen LogP contribution in [0.5, 0.6) is 0 Å². The van der Waals surface area contributed by atoms with Gasteiger partial charge in [0.25, 0.3) is 5.91 Å². The van der Waals surface area contributed by atoms with Crippen molar-refractivity contribution in [3.63, 3.8) is 0 Å². The molecule has 120 valence electrons. The van der Waals surface area contributed by atoms with Crippen LogP contribution < -0.4 is 11.1 Å². The van der Waals surface area contributed by atoms with Crippen molar-refractivity contribution in [3.8, 4) is 0 Å². The number of rotatable bonds is 6. The minimum Gasteiger partial charge on any atom is -0.369 e. The first-order chi connectivity index (χ1) is 11.0. The van der Waals surface area contributed by atoms with Crippen molar-refractivity contribution in [3.05, 3.63) is 63.9 Å². The monoisotopic (exact) mass is 396 g/mol. The molecule has 0 heterocycles. The lowest BCUT2D eigenvalue weighted by Crippen LogP contribution is -2.24. The summed E-state index contributed by atoms with van der Waals surface area (Å²) < 4.78 is 14.4. The van der Waals surface area contributed by atoms with E-state index in [4.69, 9.17) is 5.73 Å². The smallest absolute Gasteiger partial charge is 0.252 e. The van der Waals surface area contributed by atoms with Crippen LogP contribution in [0.2, 0.25) is 0 Å². The predicted octanol–water partition coefficient (Wildman–Crippen LogP) is 3.10. The second-order valence-electron chi connectivity index (χ2n) is 4.67. The van der Waals surface area contributed by atoms with Crippen LogP contribution in [0.15, 0.2) is 51.8 Å². The van der Waals surface area contributed by atoms with E-state index in [1.807, 2.05) is 0 Å². The Kier molecular flexibility index (Phi) is 6.18. The number of primary amides is 1. The number of hydrogen-bond acceptors (Lipinski definition) is 3. The topological polar surface area (TPSA) is 72.2 Å². The Bertz CT molecular complexity index is 740. The van der Waals surface area contributed by atoms with E-state index < -0.39 is 5.91 Å². The van der Waals surface area contributed by atoms with Gasteiger partial charge in [0, 0.05) is 21.5 Å². The van der Waals surface area contributed by atoms with Gasteiger partial charge in [-0.3, -0.25) is 9.59 Å². The molecule has 0 spiro atoms. The zero-order chi connectivity index (χ0) is 16.8. The van der Waals surface area contributed by atoms with Gasteiger partial charge in [0.15, 0.2) is 0 Å². The van der Waals surface area contributed by atoms with Crippen LogP contribution in [0.4, 0.5) is 4.39 Å². The van der Waals surface area contributed by atoms with Crippen LogP contribution in [0.25, 0.3) is 0 Å². The molecule has 0 aliphatic carbocycles. The summed E-state index contributed by atoms with van der Waals surface area (Å²) in [5, 5.41) is 2.68. The summed E-state index contributed by atoms with van der Waals surface area (Å²) >= 11 is 4.46. The van der Waals surface area contributed by atoms with Gasteiger partial charge in [-0.2, -0.15) is 0 Å². The van der Waals surface area contributed by atoms with E-state index in [9.17, 15) is 14.0 Å². The molecule has 0 saturated carbocycles. The molecule has 0 unspecified atom stereocenters. The molecule has 0 atom stereocenters. The Labute approximate surface area is 145 Å². The average molecular weight is 397 g/mol. The van der Waals surface area contributed by atoms with E-state index in [0.29, 0.717) is 16.0 Å². The first-order valence-corrected chi connectivity index (χ1v) is 8.47. The molecular weight excluding hydrogens is 383 g/mol. The van der Waals surface area contributed by atoms with Crippen LogP contribution >= 0.6 is 27.7 Å². The molecule has 0 aliphatic heterocycles. The number of benzene rings is 2. The van der Waals surface area contributed by atoms with Crippen molar-refractivity contribution in [2.75, 3.05) is 5.75 Å². The number of nitrogens with one attached hydrogen (secondary N) is 1. The number of thioether (sulfide) groups is 1. The number of halogens is 2. The van der Waals surface area contributed by atoms with E-state index in [1.165, 1.54) is 17.8 Å². The quantitative estimate of drug-likeness (QED) is 0.736. The van der Waals surface area contributed by atoms with E-state index in [0.717, 1.165) is 4.47 Å². The van der Waals surface area contributed by atoms with Gasteiger partial charge < -0.3 is 11.1 Å². The van der Waals surface area contributed by atoms with Crippen LogP contribution in [0.3, 0.4) is 0 Å². The normalized spacial score (nSPS) is 10.3. The minimum atomic E-state index is -0.457. The zero-order valence-electron chi connectivity index (χ0n) is 12.0. The third-order valence-electron chi connectivity index (χ3n) is 2.95. The number of hydrogen-bond donors (Lipinski definition) is 2. The Morgan fingerprint density at radius 1 is 1.22 bits per heavy atom. The molecule has 2 aromatic carbocycles. The number of nitrogens with two attached hydrogens (primary N) is 1. The highest BCUT2D eigenvalue weighted by Gasteiger charge is 2.13. The second-order valence-corrected chi connectivity index (χ2v) is 6.60. The Hall–Kier alpha value is -1.86. The lowest BCUT2D eigenvalue weighted by molar-refractivity contribution is -0.115. The van der Waals surface area contributed by atoms with E-state index >= 15 is 0 Å². The summed E-state index contributed by atoms with van der Waals surface area (Å²) in [5.41, 5.74) is 5.93. The number of carbonyl (C=O) groups excluding carboxylic acids is 2. The highest BCUT2D eigenvalue weighted by atomic mass is 79.9. The first kappa shape index (κ1) is 17.5. The van der Waals surface area contributed by atoms with Crippen LogP contribution in [-0.2, 0) is 11.3 Å². The zero-order valence-corrected chi connectivity index (χ0v) is 14.4. The molecule has 23 heavy (non-hydrogen) atoms. The van der Waals surface area contributed by atoms with Crippen LogP contribution in [0.1, 0.15) is 15.9 Å². The summed E-state index contributed by atoms with van der Waals surface area (Å²) in [7, 11) is 0. The van der Waals surface area contributed by atoms with Crippen LogP contribution in [0, 0.1) is 5.82 Å². The van der Waals surface area contributed by atoms with Gasteiger partial charge >= 0.3 is 0 Å². The lowest BCUT2D eigenvalue weighted by Gasteiger charge is -2.10. The molecule has 0 bridgehead atoms. The van der Waals surface area contributed by atoms with Crippen molar-refractivity contribution < 1.29 is 14.0 Å². The number of carbonyl (C=O) groups is 2. The molecule has 0 fully saturated rings. The molecule has 0 radical (unpaired) electrons. The van der Waals surface area contributed by atoms with Gasteiger partial charge in [-0.25, -0.2) is 4.39 Å². The third-order valence-corrected chi connectivity index (χ3v) is 4.54. The Balaban J connectivity index is 2.08. The van der Waals surface area contributed by atoms with Gasteiger partial charge in [-0.1, -0.05) is 28.1 Å². The highest BCUT2D eigenvalue weighted by Crippen LogP contribution is 2.22. The number of amides is 2. The van der Waals surface area contributed by atoms with Gasteiger partial charge in [-0.05, 0) is 30.3 Å².